The van der Waals surface area contributed by atoms with E-state index in [2.05, 4.69) is 26.0 Å². The van der Waals surface area contributed by atoms with E-state index < -0.39 is 0 Å². The van der Waals surface area contributed by atoms with Crippen LogP contribution in [-0.4, -0.2) is 10.1 Å². The number of aromatic nitrogens is 3. The van der Waals surface area contributed by atoms with Crippen LogP contribution in [0.25, 0.3) is 11.0 Å². The van der Waals surface area contributed by atoms with Crippen LogP contribution in [0.1, 0.15) is 0 Å². The highest BCUT2D eigenvalue weighted by Crippen LogP contribution is 2.15. The van der Waals surface area contributed by atoms with Gasteiger partial charge in [0.1, 0.15) is 5.52 Å². The molecule has 0 aliphatic rings. The van der Waals surface area contributed by atoms with E-state index in [1.807, 2.05) is 0 Å². The van der Waals surface area contributed by atoms with Gasteiger partial charge in [-0.1, -0.05) is 15.9 Å². The Bertz CT molecular complexity index is 468. The molecule has 1 heterocycles. The zero-order chi connectivity index (χ0) is 9.42. The summed E-state index contributed by atoms with van der Waals surface area (Å²) in [5, 5.41) is 14.6. The van der Waals surface area contributed by atoms with Crippen LogP contribution in [0.3, 0.4) is 0 Å². The molecule has 0 saturated carbocycles. The summed E-state index contributed by atoms with van der Waals surface area (Å²) < 4.78 is 0.845. The number of nitrogens with zero attached hydrogens (tertiary/aromatic N) is 3. The van der Waals surface area contributed by atoms with Crippen molar-refractivity contribution in [3.63, 3.8) is 0 Å². The molecule has 0 aliphatic heterocycles. The predicted octanol–water partition coefficient (Wildman–Crippen LogP) is 0.608. The van der Waals surface area contributed by atoms with Crippen LogP contribution >= 0.6 is 15.9 Å². The van der Waals surface area contributed by atoms with Gasteiger partial charge in [0, 0.05) is 10.5 Å². The number of halogens is 1. The molecule has 6 heteroatoms. The second-order valence-electron chi connectivity index (χ2n) is 2.48. The number of hydrogen-bond donors (Lipinski definition) is 1. The molecule has 0 saturated heterocycles. The Balaban J connectivity index is 2.86. The number of fused-ring (bicyclic) bond motifs is 1. The van der Waals surface area contributed by atoms with Gasteiger partial charge >= 0.3 is 0 Å². The van der Waals surface area contributed by atoms with E-state index in [1.165, 1.54) is 0 Å². The molecular formula is C7H5BrN4O. The van der Waals surface area contributed by atoms with Crippen LogP contribution in [0.15, 0.2) is 22.7 Å². The van der Waals surface area contributed by atoms with Crippen molar-refractivity contribution < 1.29 is 4.85 Å². The van der Waals surface area contributed by atoms with E-state index in [-0.39, 0.29) is 5.95 Å². The van der Waals surface area contributed by atoms with Crippen molar-refractivity contribution in [3.8, 4) is 0 Å². The van der Waals surface area contributed by atoms with Crippen LogP contribution in [-0.2, 0) is 0 Å². The molecule has 2 rings (SSSR count). The highest BCUT2D eigenvalue weighted by molar-refractivity contribution is 9.10. The maximum atomic E-state index is 11.2. The SMILES string of the molecule is Nc1nc2cc(Br)ccc2[n+]([O-])n1. The monoisotopic (exact) mass is 240 g/mol. The number of rotatable bonds is 0. The third-order valence-electron chi connectivity index (χ3n) is 1.57. The average molecular weight is 241 g/mol. The fourth-order valence-electron chi connectivity index (χ4n) is 1.04. The number of nitrogen functional groups attached to an aromatic ring is 1. The van der Waals surface area contributed by atoms with Crippen LogP contribution in [0, 0.1) is 5.21 Å². The Morgan fingerprint density at radius 2 is 2.23 bits per heavy atom. The molecular weight excluding hydrogens is 236 g/mol. The molecule has 0 unspecified atom stereocenters. The van der Waals surface area contributed by atoms with Crippen molar-refractivity contribution in [2.75, 3.05) is 5.73 Å². The zero-order valence-electron chi connectivity index (χ0n) is 6.44. The molecule has 0 radical (unpaired) electrons. The van der Waals surface area contributed by atoms with Gasteiger partial charge in [0.25, 0.3) is 11.5 Å². The molecule has 1 aromatic heterocycles. The smallest absolute Gasteiger partial charge is 0.288 e. The largest absolute Gasteiger partial charge is 0.594 e. The van der Waals surface area contributed by atoms with E-state index in [4.69, 9.17) is 5.73 Å². The van der Waals surface area contributed by atoms with Crippen molar-refractivity contribution in [3.05, 3.63) is 27.9 Å². The minimum absolute atomic E-state index is 0.0272. The van der Waals surface area contributed by atoms with Gasteiger partial charge in [-0.3, -0.25) is 0 Å². The molecule has 0 amide bonds. The minimum atomic E-state index is -0.0272. The van der Waals surface area contributed by atoms with Gasteiger partial charge in [0.15, 0.2) is 0 Å². The molecule has 13 heavy (non-hydrogen) atoms. The second-order valence-corrected chi connectivity index (χ2v) is 3.39. The average Bonchev–Trinajstić information content (AvgIpc) is 2.02. The van der Waals surface area contributed by atoms with Crippen LogP contribution in [0.2, 0.25) is 0 Å². The summed E-state index contributed by atoms with van der Waals surface area (Å²) in [4.78, 5) is 4.38. The summed E-state index contributed by atoms with van der Waals surface area (Å²) in [5.41, 5.74) is 6.24. The van der Waals surface area contributed by atoms with Gasteiger partial charge in [-0.2, -0.15) is 0 Å². The van der Waals surface area contributed by atoms with Gasteiger partial charge in [-0.25, -0.2) is 4.98 Å². The lowest BCUT2D eigenvalue weighted by Crippen LogP contribution is -2.33. The number of anilines is 1. The maximum absolute atomic E-state index is 11.2. The van der Waals surface area contributed by atoms with Gasteiger partial charge in [-0.15, -0.1) is 0 Å². The van der Waals surface area contributed by atoms with E-state index in [1.54, 1.807) is 18.2 Å². The molecule has 0 aliphatic carbocycles. The quantitative estimate of drug-likeness (QED) is 0.541. The van der Waals surface area contributed by atoms with E-state index in [9.17, 15) is 5.21 Å². The summed E-state index contributed by atoms with van der Waals surface area (Å²) in [5.74, 6) is -0.0272. The van der Waals surface area contributed by atoms with Gasteiger partial charge in [0.05, 0.1) is 5.10 Å². The molecule has 0 atom stereocenters. The Labute approximate surface area is 81.9 Å². The first-order valence-electron chi connectivity index (χ1n) is 3.49. The third kappa shape index (κ3) is 1.40. The van der Waals surface area contributed by atoms with Crippen LogP contribution in [0.4, 0.5) is 5.95 Å². The maximum Gasteiger partial charge on any atom is 0.288 e. The summed E-state index contributed by atoms with van der Waals surface area (Å²) >= 11 is 3.27. The van der Waals surface area contributed by atoms with Crippen LogP contribution in [0.5, 0.6) is 0 Å². The van der Waals surface area contributed by atoms with Crippen molar-refractivity contribution in [1.29, 1.82) is 0 Å². The van der Waals surface area contributed by atoms with Crippen LogP contribution < -0.4 is 10.6 Å². The molecule has 2 N–H and O–H groups in total. The Kier molecular flexibility index (Phi) is 1.77. The topological polar surface area (TPSA) is 78.7 Å². The van der Waals surface area contributed by atoms with E-state index in [0.29, 0.717) is 15.9 Å². The number of hydrogen-bond acceptors (Lipinski definition) is 4. The normalized spacial score (nSPS) is 10.5. The molecule has 0 bridgehead atoms. The first-order valence-corrected chi connectivity index (χ1v) is 4.29. The van der Waals surface area contributed by atoms with Gasteiger partial charge in [0.2, 0.25) is 0 Å². The molecule has 2 aromatic rings. The highest BCUT2D eigenvalue weighted by atomic mass is 79.9. The molecule has 0 spiro atoms. The first kappa shape index (κ1) is 8.18. The standard InChI is InChI=1S/C7H5BrN4O/c8-4-1-2-6-5(3-4)10-7(9)11-12(6)13/h1-3H,(H2,9,10,11). The third-order valence-corrected chi connectivity index (χ3v) is 2.07. The van der Waals surface area contributed by atoms with E-state index in [0.717, 1.165) is 4.47 Å². The first-order chi connectivity index (χ1) is 6.16. The Hall–Kier alpha value is -1.43. The van der Waals surface area contributed by atoms with Gasteiger partial charge < -0.3 is 10.9 Å². The van der Waals surface area contributed by atoms with E-state index >= 15 is 0 Å². The Morgan fingerprint density at radius 1 is 1.46 bits per heavy atom. The predicted molar refractivity (Wildman–Crippen MR) is 50.6 cm³/mol. The lowest BCUT2D eigenvalue weighted by atomic mass is 10.3. The fraction of sp³-hybridized carbons (Fsp3) is 0. The molecule has 5 nitrogen and oxygen atoms in total. The summed E-state index contributed by atoms with van der Waals surface area (Å²) in [6.45, 7) is 0. The molecule has 0 fully saturated rings. The lowest BCUT2D eigenvalue weighted by Gasteiger charge is -1.98. The van der Waals surface area contributed by atoms with Gasteiger partial charge in [-0.05, 0) is 17.0 Å². The van der Waals surface area contributed by atoms with Crippen molar-refractivity contribution >= 4 is 32.9 Å². The second kappa shape index (κ2) is 2.81. The summed E-state index contributed by atoms with van der Waals surface area (Å²) in [7, 11) is 0. The van der Waals surface area contributed by atoms with Crippen molar-refractivity contribution in [2.45, 2.75) is 0 Å². The lowest BCUT2D eigenvalue weighted by molar-refractivity contribution is -0.641. The van der Waals surface area contributed by atoms with Crippen molar-refractivity contribution in [2.24, 2.45) is 0 Å². The number of nitrogens with two attached hydrogens (primary N) is 1. The number of benzene rings is 1. The zero-order valence-corrected chi connectivity index (χ0v) is 8.02. The molecule has 1 aromatic carbocycles. The fourth-order valence-corrected chi connectivity index (χ4v) is 1.39. The summed E-state index contributed by atoms with van der Waals surface area (Å²) in [6, 6.07) is 5.09. The highest BCUT2D eigenvalue weighted by Gasteiger charge is 2.08. The Morgan fingerprint density at radius 3 is 3.00 bits per heavy atom. The minimum Gasteiger partial charge on any atom is -0.594 e. The summed E-state index contributed by atoms with van der Waals surface area (Å²) in [6.07, 6.45) is 0. The van der Waals surface area contributed by atoms with Crippen molar-refractivity contribution in [1.82, 2.24) is 10.1 Å². The molecule has 66 valence electrons.